The lowest BCUT2D eigenvalue weighted by molar-refractivity contribution is -0.138. The fraction of sp³-hybridized carbons (Fsp3) is 0.231. The molecule has 1 fully saturated rings. The minimum atomic E-state index is -0.227. The molecule has 2 aromatic heterocycles. The van der Waals surface area contributed by atoms with Crippen LogP contribution in [0.5, 0.6) is 0 Å². The van der Waals surface area contributed by atoms with Crippen molar-refractivity contribution in [3.05, 3.63) is 100 Å². The Kier molecular flexibility index (Phi) is 5.93. The number of hydrogen-bond donors (Lipinski definition) is 1. The van der Waals surface area contributed by atoms with Crippen LogP contribution < -0.4 is 0 Å². The van der Waals surface area contributed by atoms with Gasteiger partial charge in [0.25, 0.3) is 0 Å². The largest absolute Gasteiger partial charge is 0.368 e. The van der Waals surface area contributed by atoms with Crippen molar-refractivity contribution in [3.8, 4) is 0 Å². The van der Waals surface area contributed by atoms with Gasteiger partial charge in [0.05, 0.1) is 25.3 Å². The van der Waals surface area contributed by atoms with E-state index in [9.17, 15) is 4.79 Å². The molecule has 0 aliphatic carbocycles. The summed E-state index contributed by atoms with van der Waals surface area (Å²) >= 11 is 6.11. The number of carbonyl (C=O) groups is 1. The number of amides is 1. The summed E-state index contributed by atoms with van der Waals surface area (Å²) in [4.78, 5) is 23.0. The maximum absolute atomic E-state index is 13.0. The second-order valence-electron chi connectivity index (χ2n) is 8.10. The summed E-state index contributed by atoms with van der Waals surface area (Å²) in [6, 6.07) is 21.9. The van der Waals surface area contributed by atoms with Crippen LogP contribution in [0.25, 0.3) is 10.9 Å². The van der Waals surface area contributed by atoms with Gasteiger partial charge in [0.2, 0.25) is 5.91 Å². The van der Waals surface area contributed by atoms with Gasteiger partial charge in [0, 0.05) is 40.8 Å². The number of carbonyl (C=O) groups excluding carboxylic acids is 1. The first-order valence-corrected chi connectivity index (χ1v) is 11.2. The summed E-state index contributed by atoms with van der Waals surface area (Å²) in [6.07, 6.45) is 2.78. The normalized spacial score (nSPS) is 16.4. The van der Waals surface area contributed by atoms with Crippen molar-refractivity contribution >= 4 is 28.4 Å². The second-order valence-corrected chi connectivity index (χ2v) is 8.53. The summed E-state index contributed by atoms with van der Waals surface area (Å²) in [7, 11) is 0. The number of para-hydroxylation sites is 1. The highest BCUT2D eigenvalue weighted by Gasteiger charge is 2.27. The minimum absolute atomic E-state index is 0.109. The van der Waals surface area contributed by atoms with Gasteiger partial charge in [-0.05, 0) is 41.5 Å². The Morgan fingerprint density at radius 1 is 1.12 bits per heavy atom. The van der Waals surface area contributed by atoms with Gasteiger partial charge in [-0.2, -0.15) is 0 Å². The molecule has 5 nitrogen and oxygen atoms in total. The summed E-state index contributed by atoms with van der Waals surface area (Å²) in [6.45, 7) is 1.61. The third kappa shape index (κ3) is 4.54. The van der Waals surface area contributed by atoms with Gasteiger partial charge in [-0.15, -0.1) is 0 Å². The molecule has 6 heteroatoms. The molecule has 1 atom stereocenters. The third-order valence-electron chi connectivity index (χ3n) is 5.87. The van der Waals surface area contributed by atoms with Crippen LogP contribution in [-0.2, 0) is 22.4 Å². The van der Waals surface area contributed by atoms with E-state index >= 15 is 0 Å². The first-order valence-electron chi connectivity index (χ1n) is 10.8. The number of rotatable bonds is 5. The van der Waals surface area contributed by atoms with Gasteiger partial charge in [0.1, 0.15) is 6.10 Å². The maximum atomic E-state index is 13.0. The fourth-order valence-electron chi connectivity index (χ4n) is 4.24. The molecule has 1 amide bonds. The number of H-pyrrole nitrogens is 1. The summed E-state index contributed by atoms with van der Waals surface area (Å²) < 4.78 is 5.99. The number of benzene rings is 2. The molecule has 4 aromatic rings. The quantitative estimate of drug-likeness (QED) is 0.473. The van der Waals surface area contributed by atoms with Crippen molar-refractivity contribution < 1.29 is 9.53 Å². The van der Waals surface area contributed by atoms with Gasteiger partial charge in [-0.25, -0.2) is 0 Å². The molecule has 0 saturated carbocycles. The van der Waals surface area contributed by atoms with Gasteiger partial charge in [0.15, 0.2) is 0 Å². The lowest BCUT2D eigenvalue weighted by Gasteiger charge is -2.33. The third-order valence-corrected chi connectivity index (χ3v) is 6.10. The van der Waals surface area contributed by atoms with Gasteiger partial charge >= 0.3 is 0 Å². The molecule has 1 unspecified atom stereocenters. The minimum Gasteiger partial charge on any atom is -0.368 e. The number of halogens is 1. The number of fused-ring (bicyclic) bond motifs is 1. The van der Waals surface area contributed by atoms with E-state index in [1.807, 2.05) is 77.8 Å². The van der Waals surface area contributed by atoms with E-state index < -0.39 is 0 Å². The van der Waals surface area contributed by atoms with Crippen LogP contribution in [0, 0.1) is 0 Å². The second kappa shape index (κ2) is 9.15. The predicted octanol–water partition coefficient (Wildman–Crippen LogP) is 4.95. The number of aromatic nitrogens is 2. The molecule has 1 saturated heterocycles. The fourth-order valence-corrected chi connectivity index (χ4v) is 4.45. The van der Waals surface area contributed by atoms with Crippen LogP contribution in [0.1, 0.15) is 28.6 Å². The van der Waals surface area contributed by atoms with Gasteiger partial charge in [-0.1, -0.05) is 48.0 Å². The van der Waals surface area contributed by atoms with E-state index in [4.69, 9.17) is 21.3 Å². The number of hydrogen-bond acceptors (Lipinski definition) is 3. The molecule has 1 aliphatic heterocycles. The Balaban J connectivity index is 1.28. The highest BCUT2D eigenvalue weighted by molar-refractivity contribution is 6.30. The summed E-state index contributed by atoms with van der Waals surface area (Å²) in [5.74, 6) is 0.109. The number of ether oxygens (including phenoxy) is 1. The number of nitrogens with one attached hydrogen (secondary N) is 1. The summed E-state index contributed by atoms with van der Waals surface area (Å²) in [5, 5.41) is 1.82. The topological polar surface area (TPSA) is 58.2 Å². The first-order chi connectivity index (χ1) is 15.7. The molecule has 162 valence electrons. The molecular weight excluding hydrogens is 422 g/mol. The van der Waals surface area contributed by atoms with E-state index in [0.29, 0.717) is 32.5 Å². The lowest BCUT2D eigenvalue weighted by Crippen LogP contribution is -2.43. The number of pyridine rings is 1. The zero-order valence-corrected chi connectivity index (χ0v) is 18.4. The highest BCUT2D eigenvalue weighted by atomic mass is 35.5. The average molecular weight is 446 g/mol. The van der Waals surface area contributed by atoms with Crippen molar-refractivity contribution in [2.75, 3.05) is 19.7 Å². The average Bonchev–Trinajstić information content (AvgIpc) is 3.22. The highest BCUT2D eigenvalue weighted by Crippen LogP contribution is 2.24. The maximum Gasteiger partial charge on any atom is 0.227 e. The Hall–Kier alpha value is -3.15. The van der Waals surface area contributed by atoms with Crippen molar-refractivity contribution in [2.24, 2.45) is 0 Å². The zero-order valence-electron chi connectivity index (χ0n) is 17.6. The molecule has 0 bridgehead atoms. The molecule has 0 radical (unpaired) electrons. The van der Waals surface area contributed by atoms with E-state index in [2.05, 4.69) is 4.98 Å². The molecule has 3 heterocycles. The van der Waals surface area contributed by atoms with Crippen LogP contribution in [-0.4, -0.2) is 40.5 Å². The molecule has 2 aromatic carbocycles. The standard InChI is InChI=1S/C26H24ClN3O2/c27-20-6-3-5-18(13-20)14-21-7-4-10-24(29-21)25-17-30(11-12-32-25)26(31)15-19-16-28-23-9-2-1-8-22(19)23/h1-10,13,16,25,28H,11-12,14-15,17H2. The smallest absolute Gasteiger partial charge is 0.227 e. The van der Waals surface area contributed by atoms with Crippen molar-refractivity contribution in [1.82, 2.24) is 14.9 Å². The van der Waals surface area contributed by atoms with Crippen LogP contribution >= 0.6 is 11.6 Å². The van der Waals surface area contributed by atoms with Crippen LogP contribution in [0.2, 0.25) is 5.02 Å². The number of morpholine rings is 1. The van der Waals surface area contributed by atoms with E-state index in [0.717, 1.165) is 38.4 Å². The molecule has 0 spiro atoms. The Morgan fingerprint density at radius 2 is 2.00 bits per heavy atom. The van der Waals surface area contributed by atoms with Crippen molar-refractivity contribution in [1.29, 1.82) is 0 Å². The number of aromatic amines is 1. The van der Waals surface area contributed by atoms with Crippen LogP contribution in [0.4, 0.5) is 0 Å². The lowest BCUT2D eigenvalue weighted by atomic mass is 10.1. The Morgan fingerprint density at radius 3 is 2.91 bits per heavy atom. The monoisotopic (exact) mass is 445 g/mol. The zero-order chi connectivity index (χ0) is 21.9. The van der Waals surface area contributed by atoms with E-state index in [1.54, 1.807) is 0 Å². The van der Waals surface area contributed by atoms with Gasteiger partial charge in [-0.3, -0.25) is 9.78 Å². The van der Waals surface area contributed by atoms with E-state index in [1.165, 1.54) is 0 Å². The Bertz CT molecular complexity index is 1250. The first kappa shape index (κ1) is 20.7. The SMILES string of the molecule is O=C(Cc1c[nH]c2ccccc12)N1CCOC(c2cccc(Cc3cccc(Cl)c3)n2)C1. The van der Waals surface area contributed by atoms with E-state index in [-0.39, 0.29) is 12.0 Å². The summed E-state index contributed by atoms with van der Waals surface area (Å²) in [5.41, 5.74) is 5.00. The van der Waals surface area contributed by atoms with Crippen molar-refractivity contribution in [3.63, 3.8) is 0 Å². The number of nitrogens with zero attached hydrogens (tertiary/aromatic N) is 2. The van der Waals surface area contributed by atoms with Crippen molar-refractivity contribution in [2.45, 2.75) is 18.9 Å². The molecular formula is C26H24ClN3O2. The van der Waals surface area contributed by atoms with Crippen LogP contribution in [0.3, 0.4) is 0 Å². The Labute approximate surface area is 192 Å². The molecule has 1 N–H and O–H groups in total. The molecule has 5 rings (SSSR count). The van der Waals surface area contributed by atoms with Gasteiger partial charge < -0.3 is 14.6 Å². The molecule has 1 aliphatic rings. The molecule has 32 heavy (non-hydrogen) atoms. The van der Waals surface area contributed by atoms with Crippen LogP contribution in [0.15, 0.2) is 72.9 Å². The predicted molar refractivity (Wildman–Crippen MR) is 126 cm³/mol.